The van der Waals surface area contributed by atoms with E-state index in [4.69, 9.17) is 20.3 Å². The van der Waals surface area contributed by atoms with Gasteiger partial charge in [0, 0.05) is 6.61 Å². The van der Waals surface area contributed by atoms with Crippen molar-refractivity contribution < 1.29 is 14.6 Å². The van der Waals surface area contributed by atoms with Gasteiger partial charge in [0.05, 0.1) is 25.9 Å². The van der Waals surface area contributed by atoms with Crippen LogP contribution in [-0.4, -0.2) is 37.6 Å². The number of aliphatic hydroxyl groups is 1. The fraction of sp³-hybridized carbons (Fsp3) is 0.520. The highest BCUT2D eigenvalue weighted by Gasteiger charge is 2.20. The van der Waals surface area contributed by atoms with E-state index in [2.05, 4.69) is 30.3 Å². The van der Waals surface area contributed by atoms with E-state index in [0.29, 0.717) is 32.3 Å². The van der Waals surface area contributed by atoms with Crippen LogP contribution in [0.5, 0.6) is 0 Å². The number of nitrogens with two attached hydrogens (primary N) is 1. The Bertz CT molecular complexity index is 719. The van der Waals surface area contributed by atoms with Crippen molar-refractivity contribution in [2.45, 2.75) is 57.2 Å². The van der Waals surface area contributed by atoms with Crippen LogP contribution in [0.4, 0.5) is 0 Å². The van der Waals surface area contributed by atoms with Gasteiger partial charge in [-0.1, -0.05) is 55.0 Å². The molecule has 1 aliphatic rings. The smallest absolute Gasteiger partial charge is 0.0718 e. The largest absolute Gasteiger partial charge is 0.396 e. The Hall–Kier alpha value is -1.72. The summed E-state index contributed by atoms with van der Waals surface area (Å²) in [5, 5.41) is 9.00. The van der Waals surface area contributed by atoms with Crippen molar-refractivity contribution >= 4 is 0 Å². The molecule has 1 aliphatic carbocycles. The SMILES string of the molecule is NC[C@H](CCCCO)c1ccc2c(c1)CC[C@@H](OCCOCc1ccccc1)C2. The topological polar surface area (TPSA) is 64.7 Å². The summed E-state index contributed by atoms with van der Waals surface area (Å²) >= 11 is 0. The van der Waals surface area contributed by atoms with E-state index in [1.54, 1.807) is 0 Å². The maximum absolute atomic E-state index is 9.00. The van der Waals surface area contributed by atoms with Crippen LogP contribution >= 0.6 is 0 Å². The summed E-state index contributed by atoms with van der Waals surface area (Å²) in [6.07, 6.45) is 6.31. The molecular weight excluding hydrogens is 362 g/mol. The minimum absolute atomic E-state index is 0.264. The lowest BCUT2D eigenvalue weighted by Gasteiger charge is -2.26. The number of ether oxygens (including phenoxy) is 2. The first-order valence-electron chi connectivity index (χ1n) is 11.0. The summed E-state index contributed by atoms with van der Waals surface area (Å²) in [6, 6.07) is 17.1. The maximum Gasteiger partial charge on any atom is 0.0718 e. The molecule has 4 heteroatoms. The number of rotatable bonds is 12. The number of unbranched alkanes of at least 4 members (excludes halogenated alkanes) is 1. The second-order valence-electron chi connectivity index (χ2n) is 7.95. The Kier molecular flexibility index (Phi) is 9.16. The van der Waals surface area contributed by atoms with E-state index >= 15 is 0 Å². The van der Waals surface area contributed by atoms with Gasteiger partial charge in [-0.2, -0.15) is 0 Å². The fourth-order valence-electron chi connectivity index (χ4n) is 4.10. The summed E-state index contributed by atoms with van der Waals surface area (Å²) < 4.78 is 11.8. The Morgan fingerprint density at radius 3 is 2.69 bits per heavy atom. The van der Waals surface area contributed by atoms with Gasteiger partial charge in [0.25, 0.3) is 0 Å². The number of hydrogen-bond donors (Lipinski definition) is 2. The first-order valence-corrected chi connectivity index (χ1v) is 11.0. The standard InChI is InChI=1S/C25H35NO3/c26-18-24(8-4-5-13-27)22-9-10-23-17-25(12-11-21(23)16-22)29-15-14-28-19-20-6-2-1-3-7-20/h1-3,6-7,9-10,16,24-25,27H,4-5,8,11-15,17-19,26H2/t24-,25+/m0/s1. The molecule has 4 nitrogen and oxygen atoms in total. The summed E-state index contributed by atoms with van der Waals surface area (Å²) in [4.78, 5) is 0. The number of benzene rings is 2. The van der Waals surface area contributed by atoms with Crippen LogP contribution in [0.2, 0.25) is 0 Å². The van der Waals surface area contributed by atoms with Gasteiger partial charge in [0.15, 0.2) is 0 Å². The zero-order valence-electron chi connectivity index (χ0n) is 17.4. The van der Waals surface area contributed by atoms with Crippen molar-refractivity contribution in [3.05, 3.63) is 70.8 Å². The fourth-order valence-corrected chi connectivity index (χ4v) is 4.10. The van der Waals surface area contributed by atoms with Gasteiger partial charge < -0.3 is 20.3 Å². The Morgan fingerprint density at radius 1 is 1.03 bits per heavy atom. The molecule has 0 saturated heterocycles. The highest BCUT2D eigenvalue weighted by molar-refractivity contribution is 5.36. The quantitative estimate of drug-likeness (QED) is 0.532. The molecule has 0 bridgehead atoms. The van der Waals surface area contributed by atoms with Crippen molar-refractivity contribution in [1.82, 2.24) is 0 Å². The minimum Gasteiger partial charge on any atom is -0.396 e. The second-order valence-corrected chi connectivity index (χ2v) is 7.95. The molecule has 3 rings (SSSR count). The van der Waals surface area contributed by atoms with Gasteiger partial charge in [0.1, 0.15) is 0 Å². The van der Waals surface area contributed by atoms with E-state index in [0.717, 1.165) is 38.5 Å². The average molecular weight is 398 g/mol. The number of aliphatic hydroxyl groups excluding tert-OH is 1. The Balaban J connectivity index is 1.42. The van der Waals surface area contributed by atoms with Crippen LogP contribution in [0.3, 0.4) is 0 Å². The molecule has 0 fully saturated rings. The van der Waals surface area contributed by atoms with Crippen molar-refractivity contribution in [3.63, 3.8) is 0 Å². The summed E-state index contributed by atoms with van der Waals surface area (Å²) in [5.74, 6) is 0.391. The molecule has 0 aromatic heterocycles. The lowest BCUT2D eigenvalue weighted by atomic mass is 9.85. The zero-order valence-corrected chi connectivity index (χ0v) is 17.4. The van der Waals surface area contributed by atoms with Crippen molar-refractivity contribution in [2.75, 3.05) is 26.4 Å². The first-order chi connectivity index (χ1) is 14.3. The van der Waals surface area contributed by atoms with Crippen LogP contribution in [0.15, 0.2) is 48.5 Å². The van der Waals surface area contributed by atoms with Gasteiger partial charge in [-0.15, -0.1) is 0 Å². The van der Waals surface area contributed by atoms with E-state index < -0.39 is 0 Å². The third-order valence-corrected chi connectivity index (χ3v) is 5.82. The van der Waals surface area contributed by atoms with Crippen LogP contribution < -0.4 is 5.73 Å². The zero-order chi connectivity index (χ0) is 20.3. The van der Waals surface area contributed by atoms with Crippen molar-refractivity contribution in [1.29, 1.82) is 0 Å². The van der Waals surface area contributed by atoms with Crippen molar-refractivity contribution in [2.24, 2.45) is 5.73 Å². The molecule has 0 radical (unpaired) electrons. The molecular formula is C25H35NO3. The third-order valence-electron chi connectivity index (χ3n) is 5.82. The predicted molar refractivity (Wildman–Crippen MR) is 117 cm³/mol. The Morgan fingerprint density at radius 2 is 1.90 bits per heavy atom. The maximum atomic E-state index is 9.00. The third kappa shape index (κ3) is 6.93. The van der Waals surface area contributed by atoms with Gasteiger partial charge in [-0.25, -0.2) is 0 Å². The number of aryl methyl sites for hydroxylation is 1. The molecule has 2 aromatic rings. The lowest BCUT2D eigenvalue weighted by Crippen LogP contribution is -2.24. The molecule has 2 atom stereocenters. The van der Waals surface area contributed by atoms with Crippen LogP contribution in [-0.2, 0) is 28.9 Å². The van der Waals surface area contributed by atoms with Crippen LogP contribution in [0.25, 0.3) is 0 Å². The second kappa shape index (κ2) is 12.1. The monoisotopic (exact) mass is 397 g/mol. The average Bonchev–Trinajstić information content (AvgIpc) is 2.77. The van der Waals surface area contributed by atoms with Crippen molar-refractivity contribution in [3.8, 4) is 0 Å². The molecule has 0 spiro atoms. The molecule has 0 aliphatic heterocycles. The normalized spacial score (nSPS) is 17.1. The van der Waals surface area contributed by atoms with Crippen LogP contribution in [0, 0.1) is 0 Å². The van der Waals surface area contributed by atoms with E-state index in [-0.39, 0.29) is 12.7 Å². The Labute approximate surface area is 175 Å². The predicted octanol–water partition coefficient (Wildman–Crippen LogP) is 3.98. The highest BCUT2D eigenvalue weighted by Crippen LogP contribution is 2.28. The summed E-state index contributed by atoms with van der Waals surface area (Å²) in [5.41, 5.74) is 11.4. The molecule has 3 N–H and O–H groups in total. The van der Waals surface area contributed by atoms with E-state index in [1.165, 1.54) is 22.3 Å². The molecule has 2 aromatic carbocycles. The summed E-state index contributed by atoms with van der Waals surface area (Å²) in [7, 11) is 0. The van der Waals surface area contributed by atoms with Gasteiger partial charge in [0.2, 0.25) is 0 Å². The lowest BCUT2D eigenvalue weighted by molar-refractivity contribution is -0.00459. The number of fused-ring (bicyclic) bond motifs is 1. The molecule has 29 heavy (non-hydrogen) atoms. The van der Waals surface area contributed by atoms with Crippen LogP contribution in [0.1, 0.15) is 53.9 Å². The van der Waals surface area contributed by atoms with Gasteiger partial charge in [-0.05, 0) is 66.8 Å². The molecule has 0 unspecified atom stereocenters. The summed E-state index contributed by atoms with van der Waals surface area (Å²) in [6.45, 7) is 2.84. The minimum atomic E-state index is 0.264. The first kappa shape index (κ1) is 22.0. The molecule has 158 valence electrons. The van der Waals surface area contributed by atoms with E-state index in [1.807, 2.05) is 18.2 Å². The highest BCUT2D eigenvalue weighted by atomic mass is 16.5. The van der Waals surface area contributed by atoms with E-state index in [9.17, 15) is 0 Å². The molecule has 0 saturated carbocycles. The van der Waals surface area contributed by atoms with Gasteiger partial charge in [-0.3, -0.25) is 0 Å². The molecule has 0 heterocycles. The number of hydrogen-bond acceptors (Lipinski definition) is 4. The molecule has 0 amide bonds. The van der Waals surface area contributed by atoms with Gasteiger partial charge >= 0.3 is 0 Å².